The average molecular weight is 507 g/mol. The van der Waals surface area contributed by atoms with E-state index in [0.717, 1.165) is 57.8 Å². The summed E-state index contributed by atoms with van der Waals surface area (Å²) in [6.07, 6.45) is 10.2. The van der Waals surface area contributed by atoms with Gasteiger partial charge in [-0.1, -0.05) is 58.3 Å². The molecule has 0 heterocycles. The Labute approximate surface area is 213 Å². The molecular weight excluding hydrogens is 452 g/mol. The molecule has 4 unspecified atom stereocenters. The van der Waals surface area contributed by atoms with Crippen molar-refractivity contribution < 1.29 is 39.4 Å². The van der Waals surface area contributed by atoms with Gasteiger partial charge in [-0.3, -0.25) is 4.79 Å². The fraction of sp³-hybridized carbons (Fsp3) is 0.963. The first-order valence-corrected chi connectivity index (χ1v) is 13.9. The fourth-order valence-electron chi connectivity index (χ4n) is 4.06. The Morgan fingerprint density at radius 2 is 1.11 bits per heavy atom. The first-order chi connectivity index (χ1) is 17.0. The topological polar surface area (TPSA) is 126 Å². The lowest BCUT2D eigenvalue weighted by atomic mass is 9.95. The molecule has 0 spiro atoms. The zero-order valence-electron chi connectivity index (χ0n) is 22.4. The van der Waals surface area contributed by atoms with Gasteiger partial charge in [0.15, 0.2) is 0 Å². The molecule has 0 rings (SSSR count). The second-order valence-corrected chi connectivity index (χ2v) is 9.39. The Morgan fingerprint density at radius 3 is 1.57 bits per heavy atom. The summed E-state index contributed by atoms with van der Waals surface area (Å²) in [6, 6.07) is 0. The van der Waals surface area contributed by atoms with Crippen LogP contribution in [-0.4, -0.2) is 84.3 Å². The first kappa shape index (κ1) is 34.2. The van der Waals surface area contributed by atoms with Gasteiger partial charge in [0.25, 0.3) is 0 Å². The monoisotopic (exact) mass is 506 g/mol. The molecule has 4 atom stereocenters. The summed E-state index contributed by atoms with van der Waals surface area (Å²) >= 11 is 0. The van der Waals surface area contributed by atoms with Crippen LogP contribution in [0.1, 0.15) is 110 Å². The van der Waals surface area contributed by atoms with Crippen molar-refractivity contribution in [2.45, 2.75) is 134 Å². The number of carbonyl (C=O) groups is 1. The van der Waals surface area contributed by atoms with Crippen LogP contribution in [0, 0.1) is 0 Å². The molecule has 0 aromatic carbocycles. The minimum absolute atomic E-state index is 0.103. The van der Waals surface area contributed by atoms with E-state index in [9.17, 15) is 15.0 Å². The second-order valence-electron chi connectivity index (χ2n) is 9.39. The molecule has 0 radical (unpaired) electrons. The molecule has 0 fully saturated rings. The maximum absolute atomic E-state index is 11.2. The quantitative estimate of drug-likeness (QED) is 0.103. The van der Waals surface area contributed by atoms with E-state index >= 15 is 0 Å². The SMILES string of the molecule is CCCCCCC(OCCCCO)C(O)C(O)C(CCCCCCCC(=O)OC)OCCCCO. The van der Waals surface area contributed by atoms with Crippen LogP contribution >= 0.6 is 0 Å². The number of aliphatic hydroxyl groups is 4. The summed E-state index contributed by atoms with van der Waals surface area (Å²) in [5.41, 5.74) is 0. The van der Waals surface area contributed by atoms with Gasteiger partial charge in [-0.05, 0) is 44.9 Å². The third-order valence-corrected chi connectivity index (χ3v) is 6.32. The van der Waals surface area contributed by atoms with E-state index in [4.69, 9.17) is 19.7 Å². The zero-order chi connectivity index (χ0) is 26.2. The van der Waals surface area contributed by atoms with Crippen molar-refractivity contribution in [3.8, 4) is 0 Å². The Kier molecular flexibility index (Phi) is 24.4. The molecule has 0 amide bonds. The van der Waals surface area contributed by atoms with Gasteiger partial charge in [0.1, 0.15) is 12.2 Å². The number of hydrogen-bond donors (Lipinski definition) is 4. The van der Waals surface area contributed by atoms with Gasteiger partial charge >= 0.3 is 5.97 Å². The van der Waals surface area contributed by atoms with E-state index in [1.165, 1.54) is 7.11 Å². The van der Waals surface area contributed by atoms with E-state index in [1.54, 1.807) is 0 Å². The lowest BCUT2D eigenvalue weighted by Gasteiger charge is -2.32. The van der Waals surface area contributed by atoms with Crippen LogP contribution in [0.4, 0.5) is 0 Å². The third-order valence-electron chi connectivity index (χ3n) is 6.32. The predicted octanol–water partition coefficient (Wildman–Crippen LogP) is 3.90. The van der Waals surface area contributed by atoms with E-state index in [0.29, 0.717) is 58.2 Å². The van der Waals surface area contributed by atoms with Crippen molar-refractivity contribution in [2.75, 3.05) is 33.5 Å². The highest BCUT2D eigenvalue weighted by Gasteiger charge is 2.33. The van der Waals surface area contributed by atoms with Gasteiger partial charge in [-0.15, -0.1) is 0 Å². The number of aliphatic hydroxyl groups excluding tert-OH is 4. The summed E-state index contributed by atoms with van der Waals surface area (Å²) in [6.45, 7) is 3.23. The molecule has 0 aliphatic rings. The predicted molar refractivity (Wildman–Crippen MR) is 137 cm³/mol. The average Bonchev–Trinajstić information content (AvgIpc) is 2.87. The molecule has 0 bridgehead atoms. The van der Waals surface area contributed by atoms with E-state index in [2.05, 4.69) is 11.7 Å². The highest BCUT2D eigenvalue weighted by atomic mass is 16.5. The highest BCUT2D eigenvalue weighted by molar-refractivity contribution is 5.68. The van der Waals surface area contributed by atoms with E-state index < -0.39 is 24.4 Å². The molecule has 8 nitrogen and oxygen atoms in total. The third kappa shape index (κ3) is 19.1. The van der Waals surface area contributed by atoms with Crippen LogP contribution in [0.5, 0.6) is 0 Å². The molecule has 0 aromatic rings. The van der Waals surface area contributed by atoms with Crippen LogP contribution in [0.2, 0.25) is 0 Å². The Morgan fingerprint density at radius 1 is 0.657 bits per heavy atom. The minimum atomic E-state index is -1.06. The lowest BCUT2D eigenvalue weighted by Crippen LogP contribution is -2.46. The lowest BCUT2D eigenvalue weighted by molar-refractivity contribution is -0.142. The summed E-state index contributed by atoms with van der Waals surface area (Å²) < 4.78 is 16.6. The number of esters is 1. The standard InChI is InChI=1S/C27H54O8/c1-3-4-5-9-16-23(34-21-14-12-19-28)26(31)27(32)24(35-22-15-13-20-29)17-10-7-6-8-11-18-25(30)33-2/h23-24,26-29,31-32H,3-22H2,1-2H3. The molecule has 0 aliphatic heterocycles. The van der Waals surface area contributed by atoms with E-state index in [-0.39, 0.29) is 19.2 Å². The van der Waals surface area contributed by atoms with Crippen molar-refractivity contribution in [2.24, 2.45) is 0 Å². The molecule has 0 saturated heterocycles. The smallest absolute Gasteiger partial charge is 0.305 e. The highest BCUT2D eigenvalue weighted by Crippen LogP contribution is 2.21. The molecule has 0 aromatic heterocycles. The first-order valence-electron chi connectivity index (χ1n) is 13.9. The van der Waals surface area contributed by atoms with Gasteiger partial charge in [-0.2, -0.15) is 0 Å². The number of carbonyl (C=O) groups excluding carboxylic acids is 1. The summed E-state index contributed by atoms with van der Waals surface area (Å²) in [5, 5.41) is 40.1. The second kappa shape index (κ2) is 24.9. The van der Waals surface area contributed by atoms with Crippen LogP contribution in [0.25, 0.3) is 0 Å². The molecule has 35 heavy (non-hydrogen) atoms. The largest absolute Gasteiger partial charge is 0.469 e. The maximum atomic E-state index is 11.2. The van der Waals surface area contributed by atoms with Gasteiger partial charge in [0.05, 0.1) is 19.3 Å². The summed E-state index contributed by atoms with van der Waals surface area (Å²) in [5.74, 6) is -0.179. The summed E-state index contributed by atoms with van der Waals surface area (Å²) in [4.78, 5) is 11.2. The molecular formula is C27H54O8. The number of unbranched alkanes of at least 4 members (excludes halogenated alkanes) is 9. The van der Waals surface area contributed by atoms with Crippen molar-refractivity contribution in [3.63, 3.8) is 0 Å². The van der Waals surface area contributed by atoms with E-state index in [1.807, 2.05) is 0 Å². The number of hydrogen-bond acceptors (Lipinski definition) is 8. The summed E-state index contributed by atoms with van der Waals surface area (Å²) in [7, 11) is 1.40. The Balaban J connectivity index is 4.80. The van der Waals surface area contributed by atoms with Crippen LogP contribution < -0.4 is 0 Å². The molecule has 4 N–H and O–H groups in total. The van der Waals surface area contributed by atoms with Gasteiger partial charge in [-0.25, -0.2) is 0 Å². The Hall–Kier alpha value is -0.770. The van der Waals surface area contributed by atoms with Crippen LogP contribution in [-0.2, 0) is 19.0 Å². The van der Waals surface area contributed by atoms with Gasteiger partial charge in [0.2, 0.25) is 0 Å². The van der Waals surface area contributed by atoms with Crippen molar-refractivity contribution in [1.82, 2.24) is 0 Å². The number of ether oxygens (including phenoxy) is 3. The zero-order valence-corrected chi connectivity index (χ0v) is 22.4. The van der Waals surface area contributed by atoms with Crippen LogP contribution in [0.15, 0.2) is 0 Å². The normalized spacial score (nSPS) is 15.0. The number of rotatable bonds is 26. The van der Waals surface area contributed by atoms with Gasteiger partial charge in [0, 0.05) is 32.8 Å². The minimum Gasteiger partial charge on any atom is -0.469 e. The van der Waals surface area contributed by atoms with Crippen molar-refractivity contribution in [3.05, 3.63) is 0 Å². The molecule has 210 valence electrons. The maximum Gasteiger partial charge on any atom is 0.305 e. The van der Waals surface area contributed by atoms with Crippen molar-refractivity contribution in [1.29, 1.82) is 0 Å². The molecule has 0 saturated carbocycles. The molecule has 8 heteroatoms. The van der Waals surface area contributed by atoms with Crippen LogP contribution in [0.3, 0.4) is 0 Å². The van der Waals surface area contributed by atoms with Gasteiger partial charge < -0.3 is 34.6 Å². The fourth-order valence-corrected chi connectivity index (χ4v) is 4.06. The molecule has 0 aliphatic carbocycles. The number of methoxy groups -OCH3 is 1. The van der Waals surface area contributed by atoms with Crippen molar-refractivity contribution >= 4 is 5.97 Å². The Bertz CT molecular complexity index is 450.